The number of hydrogen-bond donors (Lipinski definition) is 0. The highest BCUT2D eigenvalue weighted by Gasteiger charge is 2.32. The van der Waals surface area contributed by atoms with Crippen LogP contribution in [-0.4, -0.2) is 71.9 Å². The molecule has 0 bridgehead atoms. The summed E-state index contributed by atoms with van der Waals surface area (Å²) in [5.41, 5.74) is 0. The van der Waals surface area contributed by atoms with Crippen LogP contribution in [0.5, 0.6) is 0 Å². The van der Waals surface area contributed by atoms with Gasteiger partial charge in [-0.15, -0.1) is 0 Å². The molecule has 2 rings (SSSR count). The lowest BCUT2D eigenvalue weighted by Gasteiger charge is -2.24. The zero-order chi connectivity index (χ0) is 20.5. The molecule has 2 aliphatic rings. The number of hydrogen-bond acceptors (Lipinski definition) is 6. The zero-order valence-electron chi connectivity index (χ0n) is 16.5. The summed E-state index contributed by atoms with van der Waals surface area (Å²) in [6, 6.07) is -1.31. The third kappa shape index (κ3) is 5.43. The molecule has 0 aromatic rings. The smallest absolute Gasteiger partial charge is 0.332 e. The van der Waals surface area contributed by atoms with Crippen molar-refractivity contribution in [1.29, 1.82) is 0 Å². The molecule has 154 valence electrons. The second-order valence-electron chi connectivity index (χ2n) is 6.55. The molecule has 0 aromatic heterocycles. The van der Waals surface area contributed by atoms with Gasteiger partial charge >= 0.3 is 11.9 Å². The molecule has 8 heteroatoms. The number of carbonyl (C=O) groups is 4. The molecule has 0 spiro atoms. The molecule has 0 saturated carbocycles. The minimum atomic E-state index is -0.657. The second kappa shape index (κ2) is 10.6. The molecular weight excluding hydrogens is 364 g/mol. The summed E-state index contributed by atoms with van der Waals surface area (Å²) in [5, 5.41) is 0. The maximum absolute atomic E-state index is 12.4. The highest BCUT2D eigenvalue weighted by molar-refractivity contribution is 5.88. The Kier molecular flexibility index (Phi) is 8.22. The number of ether oxygens (including phenoxy) is 2. The SMILES string of the molecule is CCOC(=O)[C@H]1C=CCN1C(=O)CCCCC(=O)N1CC=C[C@@H]1C(=O)OCC. The number of nitrogens with zero attached hydrogens (tertiary/aromatic N) is 2. The van der Waals surface area contributed by atoms with E-state index in [1.165, 1.54) is 9.80 Å². The van der Waals surface area contributed by atoms with Crippen LogP contribution in [0, 0.1) is 0 Å². The predicted octanol–water partition coefficient (Wildman–Crippen LogP) is 1.21. The van der Waals surface area contributed by atoms with E-state index < -0.39 is 24.0 Å². The van der Waals surface area contributed by atoms with Gasteiger partial charge in [-0.25, -0.2) is 9.59 Å². The number of rotatable bonds is 9. The quantitative estimate of drug-likeness (QED) is 0.333. The van der Waals surface area contributed by atoms with Gasteiger partial charge in [0.05, 0.1) is 13.2 Å². The fourth-order valence-corrected chi connectivity index (χ4v) is 3.26. The maximum atomic E-state index is 12.4. The minimum absolute atomic E-state index is 0.136. The van der Waals surface area contributed by atoms with Gasteiger partial charge in [-0.05, 0) is 26.7 Å². The molecular formula is C20H28N2O6. The average molecular weight is 392 g/mol. The van der Waals surface area contributed by atoms with Crippen molar-refractivity contribution in [1.82, 2.24) is 9.80 Å². The van der Waals surface area contributed by atoms with E-state index in [4.69, 9.17) is 9.47 Å². The lowest BCUT2D eigenvalue weighted by atomic mass is 10.1. The molecule has 0 aromatic carbocycles. The van der Waals surface area contributed by atoms with Crippen LogP contribution in [0.25, 0.3) is 0 Å². The molecule has 8 nitrogen and oxygen atoms in total. The summed E-state index contributed by atoms with van der Waals surface area (Å²) in [5.74, 6) is -1.12. The molecule has 2 atom stereocenters. The Morgan fingerprint density at radius 2 is 1.18 bits per heavy atom. The molecule has 0 N–H and O–H groups in total. The Labute approximate surface area is 165 Å². The van der Waals surface area contributed by atoms with Gasteiger partial charge in [0.25, 0.3) is 0 Å². The number of carbonyl (C=O) groups excluding carboxylic acids is 4. The van der Waals surface area contributed by atoms with Crippen LogP contribution in [0.3, 0.4) is 0 Å². The summed E-state index contributed by atoms with van der Waals surface area (Å²) in [4.78, 5) is 51.5. The van der Waals surface area contributed by atoms with Crippen LogP contribution >= 0.6 is 0 Å². The Bertz CT molecular complexity index is 601. The van der Waals surface area contributed by atoms with E-state index in [2.05, 4.69) is 0 Å². The van der Waals surface area contributed by atoms with Crippen molar-refractivity contribution in [2.75, 3.05) is 26.3 Å². The monoisotopic (exact) mass is 392 g/mol. The van der Waals surface area contributed by atoms with Gasteiger partial charge in [0.15, 0.2) is 0 Å². The third-order valence-electron chi connectivity index (χ3n) is 4.64. The number of amides is 2. The zero-order valence-corrected chi connectivity index (χ0v) is 16.5. The summed E-state index contributed by atoms with van der Waals surface area (Å²) in [7, 11) is 0. The molecule has 2 aliphatic heterocycles. The van der Waals surface area contributed by atoms with Crippen LogP contribution in [0.15, 0.2) is 24.3 Å². The van der Waals surface area contributed by atoms with Crippen LogP contribution in [0.1, 0.15) is 39.5 Å². The molecule has 2 heterocycles. The lowest BCUT2D eigenvalue weighted by molar-refractivity contribution is -0.152. The fraction of sp³-hybridized carbons (Fsp3) is 0.600. The Morgan fingerprint density at radius 1 is 0.786 bits per heavy atom. The normalized spacial score (nSPS) is 20.5. The molecule has 0 aliphatic carbocycles. The Balaban J connectivity index is 1.73. The Morgan fingerprint density at radius 3 is 1.54 bits per heavy atom. The van der Waals surface area contributed by atoms with Gasteiger partial charge in [0.1, 0.15) is 12.1 Å². The summed E-state index contributed by atoms with van der Waals surface area (Å²) in [6.45, 7) is 4.77. The van der Waals surface area contributed by atoms with E-state index in [0.29, 0.717) is 25.9 Å². The van der Waals surface area contributed by atoms with E-state index >= 15 is 0 Å². The van der Waals surface area contributed by atoms with Gasteiger partial charge in [0.2, 0.25) is 11.8 Å². The van der Waals surface area contributed by atoms with E-state index in [9.17, 15) is 19.2 Å². The fourth-order valence-electron chi connectivity index (χ4n) is 3.26. The number of unbranched alkanes of at least 4 members (excludes halogenated alkanes) is 1. The van der Waals surface area contributed by atoms with Crippen molar-refractivity contribution in [2.45, 2.75) is 51.6 Å². The van der Waals surface area contributed by atoms with Crippen LogP contribution in [0.2, 0.25) is 0 Å². The highest BCUT2D eigenvalue weighted by Crippen LogP contribution is 2.17. The molecule has 28 heavy (non-hydrogen) atoms. The largest absolute Gasteiger partial charge is 0.464 e. The van der Waals surface area contributed by atoms with Gasteiger partial charge in [-0.2, -0.15) is 0 Å². The first-order valence-corrected chi connectivity index (χ1v) is 9.75. The molecule has 0 saturated heterocycles. The number of esters is 2. The van der Waals surface area contributed by atoms with Crippen LogP contribution < -0.4 is 0 Å². The van der Waals surface area contributed by atoms with Gasteiger partial charge in [-0.1, -0.05) is 24.3 Å². The second-order valence-corrected chi connectivity index (χ2v) is 6.55. The van der Waals surface area contributed by atoms with Crippen LogP contribution in [0.4, 0.5) is 0 Å². The Hall–Kier alpha value is -2.64. The van der Waals surface area contributed by atoms with E-state index in [1.54, 1.807) is 38.2 Å². The standard InChI is InChI=1S/C20H28N2O6/c1-3-27-19(25)15-9-7-13-21(15)17(23)11-5-6-12-18(24)22-14-8-10-16(22)20(26)28-4-2/h7-10,15-16H,3-6,11-14H2,1-2H3/t15-,16-/m1/s1. The molecule has 0 fully saturated rings. The van der Waals surface area contributed by atoms with Crippen molar-refractivity contribution in [3.8, 4) is 0 Å². The predicted molar refractivity (Wildman–Crippen MR) is 101 cm³/mol. The maximum Gasteiger partial charge on any atom is 0.332 e. The first-order chi connectivity index (χ1) is 13.5. The van der Waals surface area contributed by atoms with Crippen molar-refractivity contribution in [3.05, 3.63) is 24.3 Å². The lowest BCUT2D eigenvalue weighted by Crippen LogP contribution is -2.42. The topological polar surface area (TPSA) is 93.2 Å². The molecule has 0 unspecified atom stereocenters. The van der Waals surface area contributed by atoms with E-state index in [-0.39, 0.29) is 37.9 Å². The molecule has 0 radical (unpaired) electrons. The highest BCUT2D eigenvalue weighted by atomic mass is 16.5. The first kappa shape index (κ1) is 21.7. The minimum Gasteiger partial charge on any atom is -0.464 e. The first-order valence-electron chi connectivity index (χ1n) is 9.75. The van der Waals surface area contributed by atoms with E-state index in [1.807, 2.05) is 0 Å². The molecule has 2 amide bonds. The van der Waals surface area contributed by atoms with Crippen LogP contribution in [-0.2, 0) is 28.7 Å². The van der Waals surface area contributed by atoms with Gasteiger partial charge < -0.3 is 19.3 Å². The van der Waals surface area contributed by atoms with Crippen molar-refractivity contribution >= 4 is 23.8 Å². The summed E-state index contributed by atoms with van der Waals surface area (Å²) >= 11 is 0. The summed E-state index contributed by atoms with van der Waals surface area (Å²) in [6.07, 6.45) is 8.47. The average Bonchev–Trinajstić information content (AvgIpc) is 3.34. The summed E-state index contributed by atoms with van der Waals surface area (Å²) < 4.78 is 9.98. The van der Waals surface area contributed by atoms with Crippen molar-refractivity contribution in [3.63, 3.8) is 0 Å². The third-order valence-corrected chi connectivity index (χ3v) is 4.64. The van der Waals surface area contributed by atoms with Crippen molar-refractivity contribution < 1.29 is 28.7 Å². The van der Waals surface area contributed by atoms with Gasteiger partial charge in [0, 0.05) is 25.9 Å². The van der Waals surface area contributed by atoms with Crippen molar-refractivity contribution in [2.24, 2.45) is 0 Å². The van der Waals surface area contributed by atoms with E-state index in [0.717, 1.165) is 0 Å². The van der Waals surface area contributed by atoms with Gasteiger partial charge in [-0.3, -0.25) is 9.59 Å².